The lowest BCUT2D eigenvalue weighted by Gasteiger charge is -2.29. The van der Waals surface area contributed by atoms with Crippen molar-refractivity contribution in [2.24, 2.45) is 0 Å². The third kappa shape index (κ3) is 2.79. The lowest BCUT2D eigenvalue weighted by molar-refractivity contribution is 0.159. The second-order valence-corrected chi connectivity index (χ2v) is 5.41. The van der Waals surface area contributed by atoms with Crippen LogP contribution in [0, 0.1) is 6.92 Å². The van der Waals surface area contributed by atoms with Gasteiger partial charge in [-0.3, -0.25) is 4.90 Å². The molecule has 1 aromatic rings. The minimum atomic E-state index is 0.200. The van der Waals surface area contributed by atoms with Gasteiger partial charge in [0.2, 0.25) is 0 Å². The van der Waals surface area contributed by atoms with Crippen molar-refractivity contribution in [3.05, 3.63) is 28.8 Å². The van der Waals surface area contributed by atoms with Gasteiger partial charge >= 0.3 is 0 Å². The highest BCUT2D eigenvalue weighted by Crippen LogP contribution is 2.27. The van der Waals surface area contributed by atoms with E-state index in [4.69, 9.17) is 11.6 Å². The molecule has 1 atom stereocenters. The van der Waals surface area contributed by atoms with E-state index >= 15 is 0 Å². The van der Waals surface area contributed by atoms with Crippen LogP contribution in [-0.4, -0.2) is 49.3 Å². The van der Waals surface area contributed by atoms with E-state index in [-0.39, 0.29) is 12.6 Å². The standard InChI is InChI=1S/C14H21ClN2O/c1-11-13(15)5-3-6-14(11)17-8-4-7-16(2)12(9-17)10-18/h3,5-6,12,18H,4,7-10H2,1-2H3. The Kier molecular flexibility index (Phi) is 4.49. The van der Waals surface area contributed by atoms with Gasteiger partial charge in [-0.25, -0.2) is 0 Å². The van der Waals surface area contributed by atoms with Crippen molar-refractivity contribution < 1.29 is 5.11 Å². The monoisotopic (exact) mass is 268 g/mol. The summed E-state index contributed by atoms with van der Waals surface area (Å²) in [5.74, 6) is 0. The van der Waals surface area contributed by atoms with Crippen LogP contribution in [0.5, 0.6) is 0 Å². The SMILES string of the molecule is Cc1c(Cl)cccc1N1CCCN(C)C(CO)C1. The largest absolute Gasteiger partial charge is 0.395 e. The summed E-state index contributed by atoms with van der Waals surface area (Å²) >= 11 is 6.19. The van der Waals surface area contributed by atoms with Crippen molar-refractivity contribution >= 4 is 17.3 Å². The first kappa shape index (κ1) is 13.7. The minimum absolute atomic E-state index is 0.200. The van der Waals surface area contributed by atoms with Crippen LogP contribution in [0.25, 0.3) is 0 Å². The molecule has 1 aromatic carbocycles. The van der Waals surface area contributed by atoms with Crippen molar-refractivity contribution in [3.63, 3.8) is 0 Å². The second-order valence-electron chi connectivity index (χ2n) is 5.00. The highest BCUT2D eigenvalue weighted by molar-refractivity contribution is 6.31. The Morgan fingerprint density at radius 2 is 2.17 bits per heavy atom. The number of anilines is 1. The molecule has 0 bridgehead atoms. The lowest BCUT2D eigenvalue weighted by Crippen LogP contribution is -2.41. The van der Waals surface area contributed by atoms with Gasteiger partial charge in [-0.05, 0) is 44.6 Å². The molecule has 0 radical (unpaired) electrons. The topological polar surface area (TPSA) is 26.7 Å². The molecular weight excluding hydrogens is 248 g/mol. The van der Waals surface area contributed by atoms with Crippen molar-refractivity contribution in [2.75, 3.05) is 38.2 Å². The van der Waals surface area contributed by atoms with Gasteiger partial charge in [0.25, 0.3) is 0 Å². The van der Waals surface area contributed by atoms with Crippen LogP contribution in [0.1, 0.15) is 12.0 Å². The van der Waals surface area contributed by atoms with Crippen LogP contribution in [-0.2, 0) is 0 Å². The van der Waals surface area contributed by atoms with Gasteiger partial charge in [-0.15, -0.1) is 0 Å². The molecule has 1 aliphatic rings. The highest BCUT2D eigenvalue weighted by atomic mass is 35.5. The highest BCUT2D eigenvalue weighted by Gasteiger charge is 2.22. The Balaban J connectivity index is 2.24. The molecule has 1 fully saturated rings. The summed E-state index contributed by atoms with van der Waals surface area (Å²) in [4.78, 5) is 4.57. The smallest absolute Gasteiger partial charge is 0.0603 e. The van der Waals surface area contributed by atoms with E-state index in [0.717, 1.165) is 36.6 Å². The molecule has 100 valence electrons. The predicted molar refractivity (Wildman–Crippen MR) is 76.5 cm³/mol. The van der Waals surface area contributed by atoms with Crippen LogP contribution in [0.15, 0.2) is 18.2 Å². The maximum absolute atomic E-state index is 9.48. The molecule has 1 aliphatic heterocycles. The first-order valence-corrected chi connectivity index (χ1v) is 6.82. The number of benzene rings is 1. The Bertz CT molecular complexity index is 411. The zero-order chi connectivity index (χ0) is 13.1. The van der Waals surface area contributed by atoms with Gasteiger partial charge in [0.15, 0.2) is 0 Å². The fraction of sp³-hybridized carbons (Fsp3) is 0.571. The number of hydrogen-bond donors (Lipinski definition) is 1. The van der Waals surface area contributed by atoms with Gasteiger partial charge in [0.1, 0.15) is 0 Å². The van der Waals surface area contributed by atoms with Crippen LogP contribution in [0.3, 0.4) is 0 Å². The van der Waals surface area contributed by atoms with Crippen molar-refractivity contribution in [2.45, 2.75) is 19.4 Å². The summed E-state index contributed by atoms with van der Waals surface area (Å²) in [5.41, 5.74) is 2.32. The Labute approximate surface area is 114 Å². The number of rotatable bonds is 2. The molecule has 0 aromatic heterocycles. The van der Waals surface area contributed by atoms with Crippen LogP contribution in [0.2, 0.25) is 5.02 Å². The lowest BCUT2D eigenvalue weighted by atomic mass is 10.1. The summed E-state index contributed by atoms with van der Waals surface area (Å²) in [5, 5.41) is 10.3. The Morgan fingerprint density at radius 3 is 2.89 bits per heavy atom. The predicted octanol–water partition coefficient (Wildman–Crippen LogP) is 2.15. The van der Waals surface area contributed by atoms with Crippen LogP contribution < -0.4 is 4.90 Å². The van der Waals surface area contributed by atoms with E-state index in [1.807, 2.05) is 12.1 Å². The molecule has 4 heteroatoms. The average Bonchev–Trinajstić information content (AvgIpc) is 2.54. The molecule has 0 amide bonds. The molecule has 1 unspecified atom stereocenters. The maximum atomic E-state index is 9.48. The van der Waals surface area contributed by atoms with Crippen LogP contribution >= 0.6 is 11.6 Å². The van der Waals surface area contributed by atoms with Crippen molar-refractivity contribution in [3.8, 4) is 0 Å². The molecule has 0 aliphatic carbocycles. The summed E-state index contributed by atoms with van der Waals surface area (Å²) in [6, 6.07) is 6.23. The molecule has 1 heterocycles. The molecule has 3 nitrogen and oxygen atoms in total. The number of aliphatic hydroxyl groups excluding tert-OH is 1. The van der Waals surface area contributed by atoms with Gasteiger partial charge in [-0.1, -0.05) is 17.7 Å². The van der Waals surface area contributed by atoms with Gasteiger partial charge < -0.3 is 10.0 Å². The van der Waals surface area contributed by atoms with Gasteiger partial charge in [-0.2, -0.15) is 0 Å². The Morgan fingerprint density at radius 1 is 1.39 bits per heavy atom. The third-order valence-corrected chi connectivity index (χ3v) is 4.19. The van der Waals surface area contributed by atoms with Crippen molar-refractivity contribution in [1.29, 1.82) is 0 Å². The summed E-state index contributed by atoms with van der Waals surface area (Å²) in [6.07, 6.45) is 1.11. The molecule has 1 N–H and O–H groups in total. The maximum Gasteiger partial charge on any atom is 0.0603 e. The zero-order valence-corrected chi connectivity index (χ0v) is 11.8. The minimum Gasteiger partial charge on any atom is -0.395 e. The molecule has 18 heavy (non-hydrogen) atoms. The van der Waals surface area contributed by atoms with Crippen molar-refractivity contribution in [1.82, 2.24) is 4.90 Å². The van der Waals surface area contributed by atoms with E-state index in [0.29, 0.717) is 0 Å². The van der Waals surface area contributed by atoms with E-state index in [1.54, 1.807) is 0 Å². The van der Waals surface area contributed by atoms with E-state index < -0.39 is 0 Å². The van der Waals surface area contributed by atoms with E-state index in [1.165, 1.54) is 5.69 Å². The normalized spacial score (nSPS) is 22.0. The van der Waals surface area contributed by atoms with E-state index in [9.17, 15) is 5.11 Å². The first-order chi connectivity index (χ1) is 8.63. The zero-order valence-electron chi connectivity index (χ0n) is 11.1. The summed E-state index contributed by atoms with van der Waals surface area (Å²) in [7, 11) is 2.08. The second kappa shape index (κ2) is 5.91. The summed E-state index contributed by atoms with van der Waals surface area (Å²) in [6.45, 7) is 5.16. The Hall–Kier alpha value is -0.770. The van der Waals surface area contributed by atoms with Gasteiger partial charge in [0, 0.05) is 29.8 Å². The molecule has 0 spiro atoms. The van der Waals surface area contributed by atoms with Gasteiger partial charge in [0.05, 0.1) is 6.61 Å². The number of hydrogen-bond acceptors (Lipinski definition) is 3. The number of aliphatic hydroxyl groups is 1. The number of halogens is 1. The quantitative estimate of drug-likeness (QED) is 0.890. The first-order valence-electron chi connectivity index (χ1n) is 6.44. The molecule has 0 saturated carbocycles. The van der Waals surface area contributed by atoms with E-state index in [2.05, 4.69) is 29.8 Å². The average molecular weight is 269 g/mol. The number of likely N-dealkylation sites (N-methyl/N-ethyl adjacent to an activating group) is 1. The fourth-order valence-corrected chi connectivity index (χ4v) is 2.70. The number of nitrogens with zero attached hydrogens (tertiary/aromatic N) is 2. The molecule has 1 saturated heterocycles. The molecule has 2 rings (SSSR count). The third-order valence-electron chi connectivity index (χ3n) is 3.78. The molecular formula is C14H21ClN2O. The van der Waals surface area contributed by atoms with Crippen LogP contribution in [0.4, 0.5) is 5.69 Å². The fourth-order valence-electron chi connectivity index (χ4n) is 2.53. The summed E-state index contributed by atoms with van der Waals surface area (Å²) < 4.78 is 0.